The molecule has 1 N–H and O–H groups in total. The van der Waals surface area contributed by atoms with Gasteiger partial charge in [-0.3, -0.25) is 4.57 Å². The number of nitriles is 1. The van der Waals surface area contributed by atoms with E-state index in [4.69, 9.17) is 5.26 Å². The lowest BCUT2D eigenvalue weighted by atomic mass is 10.1. The molecule has 0 amide bonds. The third-order valence-electron chi connectivity index (χ3n) is 7.09. The highest BCUT2D eigenvalue weighted by atomic mass is 15.3. The van der Waals surface area contributed by atoms with Crippen LogP contribution in [0.4, 0.5) is 5.69 Å². The molecule has 7 heteroatoms. The zero-order valence-electron chi connectivity index (χ0n) is 19.5. The average molecular weight is 450 g/mol. The first-order chi connectivity index (χ1) is 16.6. The molecule has 4 aromatic rings. The molecular weight excluding hydrogens is 422 g/mol. The van der Waals surface area contributed by atoms with E-state index in [1.165, 1.54) is 17.7 Å². The van der Waals surface area contributed by atoms with Gasteiger partial charge in [0.25, 0.3) is 0 Å². The summed E-state index contributed by atoms with van der Waals surface area (Å²) in [5.74, 6) is 2.44. The molecule has 1 saturated heterocycles. The molecule has 170 valence electrons. The second kappa shape index (κ2) is 8.15. The molecule has 0 aliphatic carbocycles. The molecule has 7 nitrogen and oxygen atoms in total. The number of hydrogen-bond donors (Lipinski definition) is 1. The van der Waals surface area contributed by atoms with Crippen LogP contribution in [0.15, 0.2) is 54.7 Å². The topological polar surface area (TPSA) is 74.7 Å². The van der Waals surface area contributed by atoms with Crippen molar-refractivity contribution in [1.82, 2.24) is 24.6 Å². The number of fused-ring (bicyclic) bond motifs is 5. The summed E-state index contributed by atoms with van der Waals surface area (Å²) in [6.07, 6.45) is 3.41. The molecule has 0 spiro atoms. The number of aromatic nitrogens is 4. The number of rotatable bonds is 4. The van der Waals surface area contributed by atoms with E-state index in [0.29, 0.717) is 11.5 Å². The Hall–Kier alpha value is -3.89. The van der Waals surface area contributed by atoms with Gasteiger partial charge in [-0.1, -0.05) is 12.1 Å². The van der Waals surface area contributed by atoms with Gasteiger partial charge in [0.15, 0.2) is 5.82 Å². The van der Waals surface area contributed by atoms with Crippen molar-refractivity contribution in [3.63, 3.8) is 0 Å². The Morgan fingerprint density at radius 2 is 1.94 bits per heavy atom. The molecule has 2 aliphatic rings. The van der Waals surface area contributed by atoms with E-state index < -0.39 is 0 Å². The Labute approximate surface area is 199 Å². The van der Waals surface area contributed by atoms with Gasteiger partial charge in [0.1, 0.15) is 5.82 Å². The van der Waals surface area contributed by atoms with Crippen LogP contribution in [0.2, 0.25) is 0 Å². The zero-order chi connectivity index (χ0) is 23.2. The molecule has 0 radical (unpaired) electrons. The van der Waals surface area contributed by atoms with Crippen molar-refractivity contribution in [2.24, 2.45) is 5.92 Å². The fourth-order valence-electron chi connectivity index (χ4n) is 5.36. The van der Waals surface area contributed by atoms with Crippen molar-refractivity contribution in [1.29, 1.82) is 5.26 Å². The molecule has 1 unspecified atom stereocenters. The monoisotopic (exact) mass is 449 g/mol. The van der Waals surface area contributed by atoms with Gasteiger partial charge in [-0.25, -0.2) is 0 Å². The maximum absolute atomic E-state index is 9.13. The maximum Gasteiger partial charge on any atom is 0.185 e. The van der Waals surface area contributed by atoms with Crippen molar-refractivity contribution >= 4 is 5.69 Å². The van der Waals surface area contributed by atoms with Crippen LogP contribution in [-0.4, -0.2) is 46.0 Å². The minimum atomic E-state index is 0.667. The lowest BCUT2D eigenvalue weighted by molar-refractivity contribution is 0.549. The van der Waals surface area contributed by atoms with Crippen LogP contribution in [0.25, 0.3) is 28.3 Å². The number of aryl methyl sites for hydroxylation is 1. The lowest BCUT2D eigenvalue weighted by Crippen LogP contribution is -2.24. The summed E-state index contributed by atoms with van der Waals surface area (Å²) < 4.78 is 4.45. The van der Waals surface area contributed by atoms with E-state index in [-0.39, 0.29) is 0 Å². The van der Waals surface area contributed by atoms with Crippen LogP contribution in [0.5, 0.6) is 0 Å². The maximum atomic E-state index is 9.13. The van der Waals surface area contributed by atoms with Crippen LogP contribution in [0, 0.1) is 24.2 Å². The Bertz CT molecular complexity index is 1400. The predicted octanol–water partition coefficient (Wildman–Crippen LogP) is 3.99. The van der Waals surface area contributed by atoms with E-state index in [2.05, 4.69) is 66.1 Å². The van der Waals surface area contributed by atoms with Gasteiger partial charge in [-0.05, 0) is 80.4 Å². The van der Waals surface area contributed by atoms with Crippen LogP contribution < -0.4 is 10.2 Å². The molecule has 1 atom stereocenters. The molecule has 1 fully saturated rings. The summed E-state index contributed by atoms with van der Waals surface area (Å²) in [4.78, 5) is 2.51. The van der Waals surface area contributed by atoms with Gasteiger partial charge >= 0.3 is 0 Å². The van der Waals surface area contributed by atoms with Crippen molar-refractivity contribution in [2.75, 3.05) is 31.6 Å². The molecule has 0 bridgehead atoms. The number of nitrogens with one attached hydrogen (secondary N) is 1. The summed E-state index contributed by atoms with van der Waals surface area (Å²) >= 11 is 0. The first kappa shape index (κ1) is 20.7. The highest BCUT2D eigenvalue weighted by Crippen LogP contribution is 2.36. The van der Waals surface area contributed by atoms with E-state index in [0.717, 1.165) is 60.3 Å². The van der Waals surface area contributed by atoms with Crippen molar-refractivity contribution in [3.8, 4) is 34.4 Å². The Kier molecular flexibility index (Phi) is 4.96. The van der Waals surface area contributed by atoms with Crippen LogP contribution in [-0.2, 0) is 6.54 Å². The largest absolute Gasteiger partial charge is 0.371 e. The van der Waals surface area contributed by atoms with E-state index >= 15 is 0 Å². The highest BCUT2D eigenvalue weighted by molar-refractivity contribution is 5.72. The SMILES string of the molecule is CNCC1CCN(c2ccc3c(c2)Cn2cc(-c4ccc(C#N)cc4)cc2-c2nnc(C)n2-3)C1. The third-order valence-corrected chi connectivity index (χ3v) is 7.09. The Balaban J connectivity index is 1.41. The normalized spacial score (nSPS) is 16.5. The summed E-state index contributed by atoms with van der Waals surface area (Å²) in [5, 5.41) is 21.4. The molecule has 34 heavy (non-hydrogen) atoms. The number of benzene rings is 2. The Morgan fingerprint density at radius 3 is 2.74 bits per heavy atom. The van der Waals surface area contributed by atoms with Gasteiger partial charge < -0.3 is 14.8 Å². The quantitative estimate of drug-likeness (QED) is 0.449. The minimum Gasteiger partial charge on any atom is -0.371 e. The predicted molar refractivity (Wildman–Crippen MR) is 133 cm³/mol. The average Bonchev–Trinajstić information content (AvgIpc) is 3.57. The number of nitrogens with zero attached hydrogens (tertiary/aromatic N) is 6. The molecule has 2 aliphatic heterocycles. The van der Waals surface area contributed by atoms with E-state index in [1.807, 2.05) is 38.2 Å². The third kappa shape index (κ3) is 3.39. The Morgan fingerprint density at radius 1 is 1.09 bits per heavy atom. The van der Waals surface area contributed by atoms with Crippen LogP contribution in [0.1, 0.15) is 23.4 Å². The van der Waals surface area contributed by atoms with Gasteiger partial charge in [0.05, 0.1) is 23.0 Å². The van der Waals surface area contributed by atoms with E-state index in [1.54, 1.807) is 0 Å². The van der Waals surface area contributed by atoms with Crippen LogP contribution in [0.3, 0.4) is 0 Å². The van der Waals surface area contributed by atoms with Crippen molar-refractivity contribution < 1.29 is 0 Å². The molecule has 6 rings (SSSR count). The highest BCUT2D eigenvalue weighted by Gasteiger charge is 2.26. The second-order valence-electron chi connectivity index (χ2n) is 9.31. The fraction of sp³-hybridized carbons (Fsp3) is 0.296. The summed E-state index contributed by atoms with van der Waals surface area (Å²) in [6, 6.07) is 18.9. The van der Waals surface area contributed by atoms with Crippen molar-refractivity contribution in [3.05, 3.63) is 71.7 Å². The summed E-state index contributed by atoms with van der Waals surface area (Å²) in [5.41, 5.74) is 7.61. The van der Waals surface area contributed by atoms with Crippen molar-refractivity contribution in [2.45, 2.75) is 19.9 Å². The minimum absolute atomic E-state index is 0.667. The number of hydrogen-bond acceptors (Lipinski definition) is 5. The fourth-order valence-corrected chi connectivity index (χ4v) is 5.36. The van der Waals surface area contributed by atoms with E-state index in [9.17, 15) is 0 Å². The first-order valence-corrected chi connectivity index (χ1v) is 11.8. The van der Waals surface area contributed by atoms with Gasteiger partial charge in [-0.15, -0.1) is 10.2 Å². The lowest BCUT2D eigenvalue weighted by Gasteiger charge is -2.21. The van der Waals surface area contributed by atoms with Gasteiger partial charge in [0.2, 0.25) is 0 Å². The van der Waals surface area contributed by atoms with Gasteiger partial charge in [0, 0.05) is 37.1 Å². The van der Waals surface area contributed by atoms with Crippen LogP contribution >= 0.6 is 0 Å². The molecule has 2 aromatic carbocycles. The summed E-state index contributed by atoms with van der Waals surface area (Å²) in [6.45, 7) is 6.03. The number of anilines is 1. The molecule has 0 saturated carbocycles. The zero-order valence-corrected chi connectivity index (χ0v) is 19.5. The molecule has 4 heterocycles. The van der Waals surface area contributed by atoms with Gasteiger partial charge in [-0.2, -0.15) is 5.26 Å². The smallest absolute Gasteiger partial charge is 0.185 e. The molecule has 2 aromatic heterocycles. The standard InChI is InChI=1S/C27H27N7/c1-18-30-31-27-26-12-22(21-5-3-19(13-28)4-6-21)16-33(26)17-23-11-24(7-8-25(23)34(18)27)32-10-9-20(15-32)14-29-2/h3-8,11-12,16,20,29H,9-10,14-15,17H2,1-2H3. The second-order valence-corrected chi connectivity index (χ2v) is 9.31. The molecular formula is C27H27N7. The first-order valence-electron chi connectivity index (χ1n) is 11.8. The summed E-state index contributed by atoms with van der Waals surface area (Å²) in [7, 11) is 2.03.